The second kappa shape index (κ2) is 4.96. The molecule has 4 nitrogen and oxygen atoms in total. The topological polar surface area (TPSA) is 63.0 Å². The molecular formula is C11H14N4S. The largest absolute Gasteiger partial charge is 0.365 e. The molecule has 0 aliphatic rings. The van der Waals surface area contributed by atoms with Crippen molar-refractivity contribution in [2.24, 2.45) is 5.84 Å². The molecule has 84 valence electrons. The van der Waals surface area contributed by atoms with Crippen LogP contribution in [0.5, 0.6) is 0 Å². The van der Waals surface area contributed by atoms with Crippen molar-refractivity contribution in [2.75, 3.05) is 10.7 Å². The van der Waals surface area contributed by atoms with Gasteiger partial charge in [-0.25, -0.2) is 10.8 Å². The molecule has 0 amide bonds. The van der Waals surface area contributed by atoms with Crippen LogP contribution in [0.3, 0.4) is 0 Å². The lowest BCUT2D eigenvalue weighted by atomic mass is 10.3. The zero-order valence-corrected chi connectivity index (χ0v) is 9.84. The molecule has 2 rings (SSSR count). The van der Waals surface area contributed by atoms with Gasteiger partial charge in [0, 0.05) is 4.88 Å². The summed E-state index contributed by atoms with van der Waals surface area (Å²) >= 11 is 1.75. The number of thiophene rings is 1. The van der Waals surface area contributed by atoms with E-state index < -0.39 is 0 Å². The monoisotopic (exact) mass is 234 g/mol. The molecule has 2 heterocycles. The van der Waals surface area contributed by atoms with E-state index in [1.165, 1.54) is 10.4 Å². The molecule has 0 unspecified atom stereocenters. The Hall–Kier alpha value is -1.59. The second-order valence-corrected chi connectivity index (χ2v) is 4.43. The highest BCUT2D eigenvalue weighted by molar-refractivity contribution is 7.10. The van der Waals surface area contributed by atoms with Crippen molar-refractivity contribution in [3.8, 4) is 0 Å². The third kappa shape index (κ3) is 2.50. The average molecular weight is 234 g/mol. The summed E-state index contributed by atoms with van der Waals surface area (Å²) in [6, 6.07) is 7.77. The van der Waals surface area contributed by atoms with Gasteiger partial charge in [0.2, 0.25) is 0 Å². The van der Waals surface area contributed by atoms with Crippen LogP contribution in [-0.4, -0.2) is 4.98 Å². The first-order valence-corrected chi connectivity index (χ1v) is 5.88. The summed E-state index contributed by atoms with van der Waals surface area (Å²) in [5.74, 6) is 6.78. The van der Waals surface area contributed by atoms with E-state index in [4.69, 9.17) is 5.84 Å². The first-order chi connectivity index (χ1) is 7.79. The number of nitrogens with one attached hydrogen (secondary N) is 2. The van der Waals surface area contributed by atoms with E-state index in [9.17, 15) is 0 Å². The summed E-state index contributed by atoms with van der Waals surface area (Å²) in [6.07, 6.45) is 0. The summed E-state index contributed by atoms with van der Waals surface area (Å²) in [5.41, 5.74) is 3.83. The summed E-state index contributed by atoms with van der Waals surface area (Å²) in [7, 11) is 0. The van der Waals surface area contributed by atoms with Gasteiger partial charge in [0.15, 0.2) is 0 Å². The van der Waals surface area contributed by atoms with Crippen molar-refractivity contribution < 1.29 is 0 Å². The standard InChI is InChI=1S/C11H14N4S/c1-8-5-6-16-9(8)7-13-10-3-2-4-11(14-10)15-12/h2-6H,7,12H2,1H3,(H2,13,14,15). The maximum atomic E-state index is 5.30. The molecule has 16 heavy (non-hydrogen) atoms. The van der Waals surface area contributed by atoms with Crippen molar-refractivity contribution >= 4 is 23.0 Å². The van der Waals surface area contributed by atoms with Gasteiger partial charge in [0.1, 0.15) is 11.6 Å². The fourth-order valence-corrected chi connectivity index (χ4v) is 2.22. The molecule has 0 aromatic carbocycles. The van der Waals surface area contributed by atoms with E-state index in [0.717, 1.165) is 12.4 Å². The fraction of sp³-hybridized carbons (Fsp3) is 0.182. The van der Waals surface area contributed by atoms with Gasteiger partial charge in [-0.1, -0.05) is 6.07 Å². The third-order valence-electron chi connectivity index (χ3n) is 2.30. The van der Waals surface area contributed by atoms with Gasteiger partial charge in [-0.3, -0.25) is 0 Å². The molecule has 0 bridgehead atoms. The summed E-state index contributed by atoms with van der Waals surface area (Å²) in [5, 5.41) is 5.36. The molecule has 0 aliphatic heterocycles. The smallest absolute Gasteiger partial charge is 0.142 e. The summed E-state index contributed by atoms with van der Waals surface area (Å²) < 4.78 is 0. The van der Waals surface area contributed by atoms with Crippen molar-refractivity contribution in [3.63, 3.8) is 0 Å². The highest BCUT2D eigenvalue weighted by Gasteiger charge is 2.00. The van der Waals surface area contributed by atoms with Crippen molar-refractivity contribution in [2.45, 2.75) is 13.5 Å². The van der Waals surface area contributed by atoms with Gasteiger partial charge in [0.05, 0.1) is 6.54 Å². The molecule has 0 atom stereocenters. The minimum absolute atomic E-state index is 0.660. The Morgan fingerprint density at radius 1 is 1.31 bits per heavy atom. The van der Waals surface area contributed by atoms with Gasteiger partial charge in [0.25, 0.3) is 0 Å². The zero-order valence-electron chi connectivity index (χ0n) is 9.03. The first kappa shape index (κ1) is 10.9. The van der Waals surface area contributed by atoms with Crippen LogP contribution in [0.15, 0.2) is 29.6 Å². The summed E-state index contributed by atoms with van der Waals surface area (Å²) in [6.45, 7) is 2.91. The predicted molar refractivity (Wildman–Crippen MR) is 68.4 cm³/mol. The molecule has 2 aromatic heterocycles. The maximum absolute atomic E-state index is 5.30. The zero-order chi connectivity index (χ0) is 11.4. The lowest BCUT2D eigenvalue weighted by Crippen LogP contribution is -2.09. The highest BCUT2D eigenvalue weighted by Crippen LogP contribution is 2.17. The molecule has 0 fully saturated rings. The minimum Gasteiger partial charge on any atom is -0.365 e. The molecule has 0 saturated heterocycles. The van der Waals surface area contributed by atoms with Crippen LogP contribution >= 0.6 is 11.3 Å². The molecule has 4 N–H and O–H groups in total. The number of pyridine rings is 1. The normalized spacial score (nSPS) is 10.1. The maximum Gasteiger partial charge on any atom is 0.142 e. The number of nitrogens with two attached hydrogens (primary N) is 1. The summed E-state index contributed by atoms with van der Waals surface area (Å²) in [4.78, 5) is 5.60. The van der Waals surface area contributed by atoms with Crippen molar-refractivity contribution in [3.05, 3.63) is 40.1 Å². The lowest BCUT2D eigenvalue weighted by molar-refractivity contribution is 1.12. The van der Waals surface area contributed by atoms with Gasteiger partial charge in [-0.05, 0) is 36.1 Å². The van der Waals surface area contributed by atoms with Crippen LogP contribution in [0.25, 0.3) is 0 Å². The number of rotatable bonds is 4. The van der Waals surface area contributed by atoms with E-state index in [1.54, 1.807) is 11.3 Å². The second-order valence-electron chi connectivity index (χ2n) is 3.43. The number of anilines is 2. The number of aromatic nitrogens is 1. The molecule has 0 spiro atoms. The SMILES string of the molecule is Cc1ccsc1CNc1cccc(NN)n1. The van der Waals surface area contributed by atoms with Crippen LogP contribution < -0.4 is 16.6 Å². The van der Waals surface area contributed by atoms with Gasteiger partial charge >= 0.3 is 0 Å². The van der Waals surface area contributed by atoms with Gasteiger partial charge < -0.3 is 10.7 Å². The van der Waals surface area contributed by atoms with Crippen molar-refractivity contribution in [1.29, 1.82) is 0 Å². The molecular weight excluding hydrogens is 220 g/mol. The van der Waals surface area contributed by atoms with E-state index in [2.05, 4.69) is 34.1 Å². The van der Waals surface area contributed by atoms with Crippen LogP contribution in [0.4, 0.5) is 11.6 Å². The number of hydrogen-bond donors (Lipinski definition) is 3. The van der Waals surface area contributed by atoms with Gasteiger partial charge in [-0.15, -0.1) is 11.3 Å². The Morgan fingerprint density at radius 3 is 2.81 bits per heavy atom. The van der Waals surface area contributed by atoms with Crippen molar-refractivity contribution in [1.82, 2.24) is 4.98 Å². The Bertz CT molecular complexity index is 467. The number of nitrogens with zero attached hydrogens (tertiary/aromatic N) is 1. The van der Waals surface area contributed by atoms with E-state index >= 15 is 0 Å². The lowest BCUT2D eigenvalue weighted by Gasteiger charge is -2.06. The Kier molecular flexibility index (Phi) is 3.38. The number of aryl methyl sites for hydroxylation is 1. The van der Waals surface area contributed by atoms with E-state index in [1.807, 2.05) is 18.2 Å². The molecule has 0 radical (unpaired) electrons. The fourth-order valence-electron chi connectivity index (χ4n) is 1.37. The number of nitrogen functional groups attached to an aromatic ring is 1. The van der Waals surface area contributed by atoms with Crippen LogP contribution in [0.1, 0.15) is 10.4 Å². The molecule has 5 heteroatoms. The van der Waals surface area contributed by atoms with Crippen LogP contribution in [0, 0.1) is 6.92 Å². The predicted octanol–water partition coefficient (Wildman–Crippen LogP) is 2.35. The Morgan fingerprint density at radius 2 is 2.12 bits per heavy atom. The number of hydrogen-bond acceptors (Lipinski definition) is 5. The first-order valence-electron chi connectivity index (χ1n) is 5.00. The Balaban J connectivity index is 2.02. The third-order valence-corrected chi connectivity index (χ3v) is 3.32. The quantitative estimate of drug-likeness (QED) is 0.561. The van der Waals surface area contributed by atoms with Crippen LogP contribution in [0.2, 0.25) is 0 Å². The van der Waals surface area contributed by atoms with Gasteiger partial charge in [-0.2, -0.15) is 0 Å². The Labute approximate surface area is 98.5 Å². The van der Waals surface area contributed by atoms with Crippen LogP contribution in [-0.2, 0) is 6.54 Å². The van der Waals surface area contributed by atoms with E-state index in [-0.39, 0.29) is 0 Å². The highest BCUT2D eigenvalue weighted by atomic mass is 32.1. The molecule has 0 aliphatic carbocycles. The average Bonchev–Trinajstić information content (AvgIpc) is 2.72. The molecule has 0 saturated carbocycles. The molecule has 2 aromatic rings. The minimum atomic E-state index is 0.660. The number of hydrazine groups is 1. The van der Waals surface area contributed by atoms with E-state index in [0.29, 0.717) is 5.82 Å².